The zero-order valence-electron chi connectivity index (χ0n) is 8.47. The summed E-state index contributed by atoms with van der Waals surface area (Å²) in [5, 5.41) is 4.37. The summed E-state index contributed by atoms with van der Waals surface area (Å²) >= 11 is 0. The minimum atomic E-state index is 0.0378. The Kier molecular flexibility index (Phi) is 1.90. The van der Waals surface area contributed by atoms with Gasteiger partial charge in [0, 0.05) is 12.5 Å². The average molecular weight is 167 g/mol. The Morgan fingerprint density at radius 3 is 2.00 bits per heavy atom. The number of aryl methyl sites for hydroxylation is 1. The van der Waals surface area contributed by atoms with Gasteiger partial charge in [-0.3, -0.25) is 4.68 Å². The zero-order valence-corrected chi connectivity index (χ0v) is 8.47. The van der Waals surface area contributed by atoms with Crippen LogP contribution in [0.25, 0.3) is 0 Å². The lowest BCUT2D eigenvalue weighted by Gasteiger charge is -2.15. The Morgan fingerprint density at radius 1 is 1.33 bits per heavy atom. The second kappa shape index (κ2) is 2.51. The Morgan fingerprint density at radius 2 is 1.83 bits per heavy atom. The van der Waals surface area contributed by atoms with E-state index in [-0.39, 0.29) is 5.41 Å². The fraction of sp³-hybridized carbons (Fsp3) is 0.667. The molecule has 0 saturated heterocycles. The second-order valence-corrected chi connectivity index (χ2v) is 4.22. The molecule has 3 nitrogen and oxygen atoms in total. The van der Waals surface area contributed by atoms with Gasteiger partial charge in [0.1, 0.15) is 0 Å². The maximum Gasteiger partial charge on any atom is 0.0909 e. The summed E-state index contributed by atoms with van der Waals surface area (Å²) in [6.45, 7) is 8.33. The monoisotopic (exact) mass is 167 g/mol. The summed E-state index contributed by atoms with van der Waals surface area (Å²) < 4.78 is 1.83. The van der Waals surface area contributed by atoms with E-state index in [1.165, 1.54) is 0 Å². The maximum absolute atomic E-state index is 5.91. The molecule has 68 valence electrons. The average Bonchev–Trinajstić information content (AvgIpc) is 2.15. The fourth-order valence-corrected chi connectivity index (χ4v) is 1.18. The summed E-state index contributed by atoms with van der Waals surface area (Å²) in [4.78, 5) is 0. The van der Waals surface area contributed by atoms with Crippen molar-refractivity contribution in [2.24, 2.45) is 7.05 Å². The molecule has 0 unspecified atom stereocenters. The second-order valence-electron chi connectivity index (χ2n) is 4.22. The van der Waals surface area contributed by atoms with Gasteiger partial charge in [-0.05, 0) is 6.92 Å². The first kappa shape index (κ1) is 9.10. The first-order chi connectivity index (χ1) is 5.34. The van der Waals surface area contributed by atoms with Crippen molar-refractivity contribution in [3.63, 3.8) is 0 Å². The summed E-state index contributed by atoms with van der Waals surface area (Å²) in [5.41, 5.74) is 8.80. The van der Waals surface area contributed by atoms with E-state index >= 15 is 0 Å². The van der Waals surface area contributed by atoms with Gasteiger partial charge in [0.05, 0.1) is 17.1 Å². The summed E-state index contributed by atoms with van der Waals surface area (Å²) in [6, 6.07) is 0. The normalized spacial score (nSPS) is 12.1. The van der Waals surface area contributed by atoms with Gasteiger partial charge in [-0.15, -0.1) is 0 Å². The molecule has 0 fully saturated rings. The van der Waals surface area contributed by atoms with Crippen LogP contribution in [-0.2, 0) is 12.5 Å². The highest BCUT2D eigenvalue weighted by Crippen LogP contribution is 2.27. The van der Waals surface area contributed by atoms with E-state index in [9.17, 15) is 0 Å². The van der Waals surface area contributed by atoms with Gasteiger partial charge in [0.25, 0.3) is 0 Å². The van der Waals surface area contributed by atoms with E-state index in [0.29, 0.717) is 0 Å². The van der Waals surface area contributed by atoms with Crippen LogP contribution in [0.2, 0.25) is 0 Å². The van der Waals surface area contributed by atoms with Crippen LogP contribution < -0.4 is 5.73 Å². The molecule has 0 aliphatic rings. The number of hydrogen-bond donors (Lipinski definition) is 1. The third kappa shape index (κ3) is 1.31. The Balaban J connectivity index is 3.28. The van der Waals surface area contributed by atoms with Crippen LogP contribution in [0.4, 0.5) is 5.69 Å². The molecule has 0 aliphatic heterocycles. The molecular formula is C9H17N3. The van der Waals surface area contributed by atoms with Gasteiger partial charge in [-0.2, -0.15) is 5.10 Å². The number of rotatable bonds is 0. The van der Waals surface area contributed by atoms with E-state index < -0.39 is 0 Å². The summed E-state index contributed by atoms with van der Waals surface area (Å²) in [7, 11) is 1.92. The van der Waals surface area contributed by atoms with Crippen LogP contribution in [-0.4, -0.2) is 9.78 Å². The summed E-state index contributed by atoms with van der Waals surface area (Å²) in [6.07, 6.45) is 0. The number of aromatic nitrogens is 2. The van der Waals surface area contributed by atoms with Crippen LogP contribution >= 0.6 is 0 Å². The van der Waals surface area contributed by atoms with Gasteiger partial charge >= 0.3 is 0 Å². The lowest BCUT2D eigenvalue weighted by Crippen LogP contribution is -2.14. The van der Waals surface area contributed by atoms with Crippen molar-refractivity contribution in [1.82, 2.24) is 9.78 Å². The molecule has 1 rings (SSSR count). The van der Waals surface area contributed by atoms with E-state index in [4.69, 9.17) is 5.73 Å². The molecule has 0 atom stereocenters. The number of nitrogen functional groups attached to an aromatic ring is 1. The molecule has 1 aromatic heterocycles. The smallest absolute Gasteiger partial charge is 0.0909 e. The molecule has 12 heavy (non-hydrogen) atoms. The first-order valence-electron chi connectivity index (χ1n) is 4.13. The number of hydrogen-bond acceptors (Lipinski definition) is 2. The molecule has 0 radical (unpaired) electrons. The molecule has 0 saturated carbocycles. The number of nitrogens with zero attached hydrogens (tertiary/aromatic N) is 2. The minimum absolute atomic E-state index is 0.0378. The van der Waals surface area contributed by atoms with Crippen LogP contribution in [0, 0.1) is 6.92 Å². The van der Waals surface area contributed by atoms with E-state index in [1.807, 2.05) is 18.7 Å². The molecule has 0 aromatic carbocycles. The zero-order chi connectivity index (χ0) is 9.52. The first-order valence-corrected chi connectivity index (χ1v) is 4.13. The van der Waals surface area contributed by atoms with Crippen LogP contribution in [0.1, 0.15) is 32.2 Å². The quantitative estimate of drug-likeness (QED) is 0.638. The van der Waals surface area contributed by atoms with Gasteiger partial charge in [-0.1, -0.05) is 20.8 Å². The maximum atomic E-state index is 5.91. The number of nitrogens with two attached hydrogens (primary N) is 1. The standard InChI is InChI=1S/C9H17N3/c1-6-7(10)8(9(2,3)4)11-12(6)5/h10H2,1-5H3. The lowest BCUT2D eigenvalue weighted by molar-refractivity contribution is 0.553. The molecule has 0 bridgehead atoms. The third-order valence-corrected chi connectivity index (χ3v) is 2.09. The van der Waals surface area contributed by atoms with Crippen LogP contribution in [0.15, 0.2) is 0 Å². The molecule has 2 N–H and O–H groups in total. The van der Waals surface area contributed by atoms with Crippen LogP contribution in [0.3, 0.4) is 0 Å². The minimum Gasteiger partial charge on any atom is -0.396 e. The van der Waals surface area contributed by atoms with Crippen molar-refractivity contribution in [1.29, 1.82) is 0 Å². The predicted octanol–water partition coefficient (Wildman–Crippen LogP) is 1.61. The predicted molar refractivity (Wildman–Crippen MR) is 51.1 cm³/mol. The Hall–Kier alpha value is -0.990. The molecule has 1 aromatic rings. The topological polar surface area (TPSA) is 43.8 Å². The third-order valence-electron chi connectivity index (χ3n) is 2.09. The van der Waals surface area contributed by atoms with Gasteiger partial charge in [-0.25, -0.2) is 0 Å². The van der Waals surface area contributed by atoms with Gasteiger partial charge in [0.2, 0.25) is 0 Å². The largest absolute Gasteiger partial charge is 0.396 e. The van der Waals surface area contributed by atoms with Crippen LogP contribution in [0.5, 0.6) is 0 Å². The van der Waals surface area contributed by atoms with Gasteiger partial charge < -0.3 is 5.73 Å². The molecule has 0 aliphatic carbocycles. The van der Waals surface area contributed by atoms with Crippen molar-refractivity contribution >= 4 is 5.69 Å². The van der Waals surface area contributed by atoms with E-state index in [0.717, 1.165) is 17.1 Å². The van der Waals surface area contributed by atoms with Gasteiger partial charge in [0.15, 0.2) is 0 Å². The fourth-order valence-electron chi connectivity index (χ4n) is 1.18. The molecule has 1 heterocycles. The van der Waals surface area contributed by atoms with Crippen molar-refractivity contribution in [3.05, 3.63) is 11.4 Å². The molecule has 0 amide bonds. The molecule has 0 spiro atoms. The van der Waals surface area contributed by atoms with Crippen molar-refractivity contribution in [3.8, 4) is 0 Å². The van der Waals surface area contributed by atoms with Crippen molar-refractivity contribution < 1.29 is 0 Å². The Labute approximate surface area is 73.6 Å². The SMILES string of the molecule is Cc1c(N)c(C(C)(C)C)nn1C. The van der Waals surface area contributed by atoms with Crippen molar-refractivity contribution in [2.45, 2.75) is 33.1 Å². The lowest BCUT2D eigenvalue weighted by atomic mass is 9.91. The Bertz CT molecular complexity index is 291. The highest BCUT2D eigenvalue weighted by atomic mass is 15.3. The number of anilines is 1. The highest BCUT2D eigenvalue weighted by Gasteiger charge is 2.22. The van der Waals surface area contributed by atoms with Crippen molar-refractivity contribution in [2.75, 3.05) is 5.73 Å². The van der Waals surface area contributed by atoms with E-state index in [1.54, 1.807) is 0 Å². The molecule has 3 heteroatoms. The summed E-state index contributed by atoms with van der Waals surface area (Å²) in [5.74, 6) is 0. The van der Waals surface area contributed by atoms with E-state index in [2.05, 4.69) is 25.9 Å². The highest BCUT2D eigenvalue weighted by molar-refractivity contribution is 5.50. The molecular weight excluding hydrogens is 150 g/mol.